The molecule has 0 heterocycles. The van der Waals surface area contributed by atoms with Crippen LogP contribution in [0.2, 0.25) is 0 Å². The van der Waals surface area contributed by atoms with E-state index in [-0.39, 0.29) is 0 Å². The van der Waals surface area contributed by atoms with E-state index in [9.17, 15) is 4.79 Å². The van der Waals surface area contributed by atoms with Crippen molar-refractivity contribution in [2.45, 2.75) is 6.54 Å². The topological polar surface area (TPSA) is 38.3 Å². The van der Waals surface area contributed by atoms with Crippen molar-refractivity contribution in [1.29, 1.82) is 0 Å². The third-order valence-corrected chi connectivity index (χ3v) is 4.48. The van der Waals surface area contributed by atoms with Gasteiger partial charge in [0.25, 0.3) is 0 Å². The lowest BCUT2D eigenvalue weighted by molar-refractivity contribution is 0.112. The number of aldehydes is 1. The molecule has 0 unspecified atom stereocenters. The molecule has 3 nitrogen and oxygen atoms in total. The number of anilines is 1. The summed E-state index contributed by atoms with van der Waals surface area (Å²) >= 11 is 0. The second-order valence-corrected chi connectivity index (χ2v) is 6.28. The lowest BCUT2D eigenvalue weighted by Crippen LogP contribution is -2.00. The second kappa shape index (κ2) is 7.75. The Morgan fingerprint density at radius 2 is 1.44 bits per heavy atom. The van der Waals surface area contributed by atoms with E-state index < -0.39 is 0 Å². The van der Waals surface area contributed by atoms with Gasteiger partial charge in [0, 0.05) is 23.2 Å². The summed E-state index contributed by atoms with van der Waals surface area (Å²) in [5.41, 5.74) is 2.84. The van der Waals surface area contributed by atoms with E-state index in [1.807, 2.05) is 72.8 Å². The van der Waals surface area contributed by atoms with Crippen LogP contribution in [0.4, 0.5) is 5.69 Å². The Morgan fingerprint density at radius 1 is 0.741 bits per heavy atom. The molecule has 132 valence electrons. The zero-order valence-corrected chi connectivity index (χ0v) is 14.8. The average molecular weight is 353 g/mol. The molecule has 0 amide bonds. The number of para-hydroxylation sites is 1. The van der Waals surface area contributed by atoms with Crippen molar-refractivity contribution in [2.24, 2.45) is 0 Å². The molecule has 0 aliphatic heterocycles. The largest absolute Gasteiger partial charge is 0.457 e. The van der Waals surface area contributed by atoms with Crippen LogP contribution in [0.1, 0.15) is 15.9 Å². The first-order chi connectivity index (χ1) is 13.3. The maximum absolute atomic E-state index is 10.8. The van der Waals surface area contributed by atoms with E-state index in [0.29, 0.717) is 12.1 Å². The number of ether oxygens (including phenoxy) is 1. The van der Waals surface area contributed by atoms with Crippen LogP contribution in [0.5, 0.6) is 11.5 Å². The molecule has 0 spiro atoms. The summed E-state index contributed by atoms with van der Waals surface area (Å²) in [5.74, 6) is 1.67. The predicted molar refractivity (Wildman–Crippen MR) is 110 cm³/mol. The molecular weight excluding hydrogens is 334 g/mol. The van der Waals surface area contributed by atoms with Gasteiger partial charge >= 0.3 is 0 Å². The summed E-state index contributed by atoms with van der Waals surface area (Å²) in [6.07, 6.45) is 0.850. The Hall–Kier alpha value is -3.59. The number of hydrogen-bond donors (Lipinski definition) is 1. The highest BCUT2D eigenvalue weighted by Gasteiger charge is 2.08. The number of hydrogen-bond acceptors (Lipinski definition) is 3. The molecule has 3 heteroatoms. The first-order valence-electron chi connectivity index (χ1n) is 8.86. The van der Waals surface area contributed by atoms with Crippen LogP contribution >= 0.6 is 0 Å². The Labute approximate surface area is 158 Å². The van der Waals surface area contributed by atoms with Crippen LogP contribution in [0.15, 0.2) is 91.0 Å². The van der Waals surface area contributed by atoms with Crippen LogP contribution in [0, 0.1) is 0 Å². The third kappa shape index (κ3) is 3.82. The minimum absolute atomic E-state index is 0.674. The average Bonchev–Trinajstić information content (AvgIpc) is 2.74. The molecule has 0 fully saturated rings. The highest BCUT2D eigenvalue weighted by Crippen LogP contribution is 2.32. The van der Waals surface area contributed by atoms with Gasteiger partial charge in [-0.15, -0.1) is 0 Å². The van der Waals surface area contributed by atoms with E-state index in [4.69, 9.17) is 4.74 Å². The summed E-state index contributed by atoms with van der Waals surface area (Å²) in [4.78, 5) is 10.8. The van der Waals surface area contributed by atoms with Crippen LogP contribution in [-0.2, 0) is 6.54 Å². The fraction of sp³-hybridized carbons (Fsp3) is 0.0417. The molecule has 0 aliphatic rings. The molecule has 0 aromatic heterocycles. The number of carbonyl (C=O) groups is 1. The molecule has 0 atom stereocenters. The van der Waals surface area contributed by atoms with Crippen molar-refractivity contribution in [3.63, 3.8) is 0 Å². The second-order valence-electron chi connectivity index (χ2n) is 6.28. The first kappa shape index (κ1) is 16.9. The molecule has 0 saturated heterocycles. The van der Waals surface area contributed by atoms with Gasteiger partial charge in [0.2, 0.25) is 0 Å². The Balaban J connectivity index is 1.60. The van der Waals surface area contributed by atoms with E-state index >= 15 is 0 Å². The van der Waals surface area contributed by atoms with Gasteiger partial charge in [0.1, 0.15) is 17.8 Å². The third-order valence-electron chi connectivity index (χ3n) is 4.48. The van der Waals surface area contributed by atoms with Gasteiger partial charge in [-0.3, -0.25) is 4.79 Å². The van der Waals surface area contributed by atoms with Crippen LogP contribution in [0.3, 0.4) is 0 Å². The number of fused-ring (bicyclic) bond motifs is 1. The number of benzene rings is 4. The minimum Gasteiger partial charge on any atom is -0.457 e. The van der Waals surface area contributed by atoms with Crippen LogP contribution in [0.25, 0.3) is 10.8 Å². The summed E-state index contributed by atoms with van der Waals surface area (Å²) < 4.78 is 6.08. The summed E-state index contributed by atoms with van der Waals surface area (Å²) in [5, 5.41) is 5.65. The van der Waals surface area contributed by atoms with Gasteiger partial charge in [0.05, 0.1) is 0 Å². The fourth-order valence-corrected chi connectivity index (χ4v) is 3.07. The van der Waals surface area contributed by atoms with E-state index in [0.717, 1.165) is 34.2 Å². The number of nitrogens with one attached hydrogen (secondary N) is 1. The number of carbonyl (C=O) groups excluding carboxylic acids is 1. The molecule has 0 bridgehead atoms. The van der Waals surface area contributed by atoms with Gasteiger partial charge in [-0.25, -0.2) is 0 Å². The van der Waals surface area contributed by atoms with Gasteiger partial charge in [-0.2, -0.15) is 0 Å². The van der Waals surface area contributed by atoms with Crippen molar-refractivity contribution in [2.75, 3.05) is 5.32 Å². The predicted octanol–water partition coefficient (Wildman–Crippen LogP) is 6.06. The molecule has 4 aromatic rings. The molecule has 0 saturated carbocycles. The van der Waals surface area contributed by atoms with Gasteiger partial charge < -0.3 is 10.1 Å². The quantitative estimate of drug-likeness (QED) is 0.428. The highest BCUT2D eigenvalue weighted by molar-refractivity contribution is 5.91. The first-order valence-corrected chi connectivity index (χ1v) is 8.86. The van der Waals surface area contributed by atoms with Gasteiger partial charge in [-0.1, -0.05) is 48.5 Å². The minimum atomic E-state index is 0.674. The summed E-state index contributed by atoms with van der Waals surface area (Å²) in [7, 11) is 0. The monoisotopic (exact) mass is 353 g/mol. The fourth-order valence-electron chi connectivity index (χ4n) is 3.07. The Bertz CT molecular complexity index is 1060. The van der Waals surface area contributed by atoms with Crippen molar-refractivity contribution < 1.29 is 9.53 Å². The zero-order chi connectivity index (χ0) is 18.5. The molecule has 4 aromatic carbocycles. The molecule has 1 N–H and O–H groups in total. The van der Waals surface area contributed by atoms with Crippen molar-refractivity contribution in [1.82, 2.24) is 0 Å². The molecular formula is C24H19NO2. The van der Waals surface area contributed by atoms with E-state index in [1.54, 1.807) is 0 Å². The molecule has 0 aliphatic carbocycles. The Kier molecular flexibility index (Phi) is 4.84. The normalized spacial score (nSPS) is 10.5. The van der Waals surface area contributed by atoms with E-state index in [2.05, 4.69) is 23.5 Å². The van der Waals surface area contributed by atoms with Crippen LogP contribution in [-0.4, -0.2) is 6.29 Å². The lowest BCUT2D eigenvalue weighted by atomic mass is 10.0. The van der Waals surface area contributed by atoms with Crippen molar-refractivity contribution >= 4 is 22.7 Å². The maximum Gasteiger partial charge on any atom is 0.150 e. The van der Waals surface area contributed by atoms with Gasteiger partial charge in [-0.05, 0) is 53.4 Å². The van der Waals surface area contributed by atoms with Crippen molar-refractivity contribution in [3.05, 3.63) is 102 Å². The summed E-state index contributed by atoms with van der Waals surface area (Å²) in [6, 6.07) is 29.6. The van der Waals surface area contributed by atoms with Crippen LogP contribution < -0.4 is 10.1 Å². The smallest absolute Gasteiger partial charge is 0.150 e. The molecule has 4 rings (SSSR count). The maximum atomic E-state index is 10.8. The number of rotatable bonds is 6. The molecule has 27 heavy (non-hydrogen) atoms. The standard InChI is InChI=1S/C24H19NO2/c26-17-18-10-13-20(14-11-18)25-16-19-12-15-24(23-9-5-4-8-22(19)23)27-21-6-2-1-3-7-21/h1-15,17,25H,16H2. The van der Waals surface area contributed by atoms with E-state index in [1.165, 1.54) is 5.56 Å². The highest BCUT2D eigenvalue weighted by atomic mass is 16.5. The Morgan fingerprint density at radius 3 is 2.19 bits per heavy atom. The lowest BCUT2D eigenvalue weighted by Gasteiger charge is -2.13. The van der Waals surface area contributed by atoms with Crippen molar-refractivity contribution in [3.8, 4) is 11.5 Å². The SMILES string of the molecule is O=Cc1ccc(NCc2ccc(Oc3ccccc3)c3ccccc23)cc1. The zero-order valence-electron chi connectivity index (χ0n) is 14.8. The van der Waals surface area contributed by atoms with Gasteiger partial charge in [0.15, 0.2) is 0 Å². The molecule has 0 radical (unpaired) electrons. The summed E-state index contributed by atoms with van der Waals surface area (Å²) in [6.45, 7) is 0.687.